The molecule has 1 saturated heterocycles. The molecular formula is C24H33NO2. The van der Waals surface area contributed by atoms with Crippen LogP contribution in [0, 0.1) is 0 Å². The molecule has 1 N–H and O–H groups in total. The number of hydrogen-bond donors (Lipinski definition) is 1. The van der Waals surface area contributed by atoms with Gasteiger partial charge in [0.15, 0.2) is 0 Å². The molecule has 0 aromatic heterocycles. The highest BCUT2D eigenvalue weighted by Gasteiger charge is 2.40. The van der Waals surface area contributed by atoms with Gasteiger partial charge in [-0.2, -0.15) is 0 Å². The van der Waals surface area contributed by atoms with E-state index in [1.807, 2.05) is 24.3 Å². The first-order chi connectivity index (χ1) is 13.2. The standard InChI is InChI=1S/C24H33NO2/c1-3-4-16-24(26,21-12-14-22(27-2)15-13-21)23(19-25-17-8-9-18-25)20-10-6-5-7-11-20/h5-7,10-15,23,26H,3-4,8-9,16-19H2,1-2H3/t23-,24+/m1/s1. The van der Waals surface area contributed by atoms with Crippen LogP contribution in [0.1, 0.15) is 56.1 Å². The molecule has 0 aliphatic carbocycles. The Morgan fingerprint density at radius 1 is 1.04 bits per heavy atom. The molecule has 2 aromatic rings. The van der Waals surface area contributed by atoms with Crippen molar-refractivity contribution in [2.75, 3.05) is 26.7 Å². The molecule has 0 unspecified atom stereocenters. The minimum Gasteiger partial charge on any atom is -0.497 e. The average Bonchev–Trinajstić information content (AvgIpc) is 3.24. The molecule has 0 bridgehead atoms. The Hall–Kier alpha value is -1.84. The normalized spacial score (nSPS) is 18.2. The average molecular weight is 368 g/mol. The molecule has 146 valence electrons. The topological polar surface area (TPSA) is 32.7 Å². The van der Waals surface area contributed by atoms with Crippen LogP contribution in [-0.2, 0) is 5.60 Å². The van der Waals surface area contributed by atoms with Crippen LogP contribution >= 0.6 is 0 Å². The van der Waals surface area contributed by atoms with E-state index in [1.54, 1.807) is 7.11 Å². The molecule has 2 aromatic carbocycles. The number of benzene rings is 2. The molecule has 1 aliphatic heterocycles. The van der Waals surface area contributed by atoms with Gasteiger partial charge in [0.1, 0.15) is 5.75 Å². The molecule has 1 heterocycles. The molecule has 1 aliphatic rings. The predicted octanol–water partition coefficient (Wildman–Crippen LogP) is 4.95. The van der Waals surface area contributed by atoms with E-state index >= 15 is 0 Å². The van der Waals surface area contributed by atoms with Crippen LogP contribution in [0.15, 0.2) is 54.6 Å². The summed E-state index contributed by atoms with van der Waals surface area (Å²) in [6, 6.07) is 18.6. The number of likely N-dealkylation sites (tertiary alicyclic amines) is 1. The minimum absolute atomic E-state index is 0.0525. The lowest BCUT2D eigenvalue weighted by molar-refractivity contribution is -0.0130. The minimum atomic E-state index is -0.883. The van der Waals surface area contributed by atoms with Gasteiger partial charge in [0.25, 0.3) is 0 Å². The van der Waals surface area contributed by atoms with E-state index in [0.717, 1.165) is 50.2 Å². The maximum absolute atomic E-state index is 12.1. The van der Waals surface area contributed by atoms with E-state index in [4.69, 9.17) is 4.74 Å². The highest BCUT2D eigenvalue weighted by atomic mass is 16.5. The lowest BCUT2D eigenvalue weighted by Gasteiger charge is -2.39. The van der Waals surface area contributed by atoms with Gasteiger partial charge in [-0.1, -0.05) is 62.2 Å². The molecule has 0 spiro atoms. The summed E-state index contributed by atoms with van der Waals surface area (Å²) in [5.41, 5.74) is 1.33. The summed E-state index contributed by atoms with van der Waals surface area (Å²) in [5, 5.41) is 12.1. The quantitative estimate of drug-likeness (QED) is 0.680. The van der Waals surface area contributed by atoms with E-state index in [-0.39, 0.29) is 5.92 Å². The second-order valence-corrected chi connectivity index (χ2v) is 7.73. The van der Waals surface area contributed by atoms with E-state index < -0.39 is 5.60 Å². The van der Waals surface area contributed by atoms with Crippen molar-refractivity contribution in [3.05, 3.63) is 65.7 Å². The summed E-state index contributed by atoms with van der Waals surface area (Å²) < 4.78 is 5.33. The lowest BCUT2D eigenvalue weighted by atomic mass is 9.74. The first-order valence-electron chi connectivity index (χ1n) is 10.3. The van der Waals surface area contributed by atoms with Crippen molar-refractivity contribution in [3.8, 4) is 5.75 Å². The fraction of sp³-hybridized carbons (Fsp3) is 0.500. The van der Waals surface area contributed by atoms with Crippen molar-refractivity contribution in [1.29, 1.82) is 0 Å². The summed E-state index contributed by atoms with van der Waals surface area (Å²) >= 11 is 0. The van der Waals surface area contributed by atoms with Crippen LogP contribution in [-0.4, -0.2) is 36.8 Å². The maximum atomic E-state index is 12.1. The van der Waals surface area contributed by atoms with Gasteiger partial charge in [-0.05, 0) is 55.6 Å². The molecule has 2 atom stereocenters. The Labute approximate surface area is 164 Å². The van der Waals surface area contributed by atoms with Crippen molar-refractivity contribution in [2.45, 2.75) is 50.5 Å². The van der Waals surface area contributed by atoms with Gasteiger partial charge < -0.3 is 14.7 Å². The van der Waals surface area contributed by atoms with Crippen molar-refractivity contribution < 1.29 is 9.84 Å². The Kier molecular flexibility index (Phi) is 6.92. The van der Waals surface area contributed by atoms with Crippen LogP contribution in [0.3, 0.4) is 0 Å². The zero-order valence-corrected chi connectivity index (χ0v) is 16.7. The van der Waals surface area contributed by atoms with Crippen molar-refractivity contribution in [1.82, 2.24) is 4.90 Å². The highest BCUT2D eigenvalue weighted by Crippen LogP contribution is 2.42. The molecule has 3 nitrogen and oxygen atoms in total. The number of methoxy groups -OCH3 is 1. The molecule has 3 rings (SSSR count). The molecule has 1 fully saturated rings. The molecule has 27 heavy (non-hydrogen) atoms. The Balaban J connectivity index is 1.99. The van der Waals surface area contributed by atoms with Gasteiger partial charge in [0.2, 0.25) is 0 Å². The van der Waals surface area contributed by atoms with E-state index in [0.29, 0.717) is 0 Å². The summed E-state index contributed by atoms with van der Waals surface area (Å²) in [6.07, 6.45) is 5.37. The van der Waals surface area contributed by atoms with Gasteiger partial charge in [0, 0.05) is 12.5 Å². The smallest absolute Gasteiger partial charge is 0.118 e. The Morgan fingerprint density at radius 3 is 2.30 bits per heavy atom. The number of nitrogens with zero attached hydrogens (tertiary/aromatic N) is 1. The van der Waals surface area contributed by atoms with Gasteiger partial charge in [-0.15, -0.1) is 0 Å². The van der Waals surface area contributed by atoms with Crippen LogP contribution in [0.25, 0.3) is 0 Å². The zero-order chi connectivity index (χ0) is 19.1. The zero-order valence-electron chi connectivity index (χ0n) is 16.7. The highest BCUT2D eigenvalue weighted by molar-refractivity contribution is 5.35. The fourth-order valence-electron chi connectivity index (χ4n) is 4.29. The summed E-state index contributed by atoms with van der Waals surface area (Å²) in [7, 11) is 1.68. The molecule has 3 heteroatoms. The molecule has 0 amide bonds. The van der Waals surface area contributed by atoms with E-state index in [9.17, 15) is 5.11 Å². The van der Waals surface area contributed by atoms with Gasteiger partial charge in [0.05, 0.1) is 12.7 Å². The van der Waals surface area contributed by atoms with Gasteiger partial charge >= 0.3 is 0 Å². The second-order valence-electron chi connectivity index (χ2n) is 7.73. The summed E-state index contributed by atoms with van der Waals surface area (Å²) in [6.45, 7) is 5.36. The first-order valence-corrected chi connectivity index (χ1v) is 10.3. The largest absolute Gasteiger partial charge is 0.497 e. The summed E-state index contributed by atoms with van der Waals surface area (Å²) in [5.74, 6) is 0.879. The van der Waals surface area contributed by atoms with Crippen molar-refractivity contribution >= 4 is 0 Å². The number of aliphatic hydroxyl groups is 1. The van der Waals surface area contributed by atoms with Crippen molar-refractivity contribution in [2.24, 2.45) is 0 Å². The number of hydrogen-bond acceptors (Lipinski definition) is 3. The molecule has 0 saturated carbocycles. The first kappa shape index (κ1) is 19.9. The third-order valence-corrected chi connectivity index (χ3v) is 5.92. The predicted molar refractivity (Wildman–Crippen MR) is 111 cm³/mol. The molecule has 0 radical (unpaired) electrons. The Morgan fingerprint density at radius 2 is 1.70 bits per heavy atom. The van der Waals surface area contributed by atoms with Crippen molar-refractivity contribution in [3.63, 3.8) is 0 Å². The Bertz CT molecular complexity index is 679. The van der Waals surface area contributed by atoms with E-state index in [1.165, 1.54) is 18.4 Å². The van der Waals surface area contributed by atoms with Crippen LogP contribution in [0.5, 0.6) is 5.75 Å². The van der Waals surface area contributed by atoms with Gasteiger partial charge in [-0.25, -0.2) is 0 Å². The van der Waals surface area contributed by atoms with E-state index in [2.05, 4.69) is 42.2 Å². The number of ether oxygens (including phenoxy) is 1. The number of unbranched alkanes of at least 4 members (excludes halogenated alkanes) is 1. The lowest BCUT2D eigenvalue weighted by Crippen LogP contribution is -2.40. The summed E-state index contributed by atoms with van der Waals surface area (Å²) in [4.78, 5) is 2.51. The molecular weight excluding hydrogens is 334 g/mol. The van der Waals surface area contributed by atoms with Crippen LogP contribution < -0.4 is 4.74 Å². The fourth-order valence-corrected chi connectivity index (χ4v) is 4.29. The van der Waals surface area contributed by atoms with Gasteiger partial charge in [-0.3, -0.25) is 0 Å². The van der Waals surface area contributed by atoms with Crippen LogP contribution in [0.2, 0.25) is 0 Å². The van der Waals surface area contributed by atoms with Crippen LogP contribution in [0.4, 0.5) is 0 Å². The third-order valence-electron chi connectivity index (χ3n) is 5.92. The maximum Gasteiger partial charge on any atom is 0.118 e. The third kappa shape index (κ3) is 4.72. The second kappa shape index (κ2) is 9.38. The monoisotopic (exact) mass is 367 g/mol. The number of rotatable bonds is 9. The SMILES string of the molecule is CCCC[C@](O)(c1ccc(OC)cc1)[C@H](CN1CCCC1)c1ccccc1.